The normalized spacial score (nSPS) is 20.0. The molecule has 0 amide bonds. The van der Waals surface area contributed by atoms with Crippen LogP contribution in [0.1, 0.15) is 25.3 Å². The van der Waals surface area contributed by atoms with E-state index in [1.54, 1.807) is 6.07 Å². The zero-order chi connectivity index (χ0) is 13.1. The maximum atomic E-state index is 13.5. The second-order valence-corrected chi connectivity index (χ2v) is 5.07. The average molecular weight is 255 g/mol. The number of piperidine rings is 1. The second-order valence-electron chi connectivity index (χ2n) is 5.07. The van der Waals surface area contributed by atoms with Gasteiger partial charge in [-0.3, -0.25) is 4.90 Å². The first kappa shape index (κ1) is 13.4. The molecule has 1 aromatic carbocycles. The van der Waals surface area contributed by atoms with E-state index in [0.717, 1.165) is 32.0 Å². The monoisotopic (exact) mass is 255 g/mol. The molecule has 100 valence electrons. The molecule has 0 aromatic heterocycles. The molecule has 0 spiro atoms. The van der Waals surface area contributed by atoms with Crippen molar-refractivity contribution in [2.45, 2.75) is 32.4 Å². The van der Waals surface area contributed by atoms with Crippen molar-refractivity contribution in [3.8, 4) is 0 Å². The molecule has 2 nitrogen and oxygen atoms in total. The van der Waals surface area contributed by atoms with Crippen LogP contribution in [0.5, 0.6) is 0 Å². The van der Waals surface area contributed by atoms with E-state index in [-0.39, 0.29) is 6.10 Å². The SMILES string of the molecule is CC(O)C1CCN(Cc2cccc(F)c2F)CC1. The molecule has 2 rings (SSSR count). The van der Waals surface area contributed by atoms with Gasteiger partial charge in [0.15, 0.2) is 11.6 Å². The molecule has 1 atom stereocenters. The zero-order valence-electron chi connectivity index (χ0n) is 10.6. The number of likely N-dealkylation sites (tertiary alicyclic amines) is 1. The molecule has 4 heteroatoms. The minimum atomic E-state index is -0.786. The van der Waals surface area contributed by atoms with Crippen LogP contribution in [0.4, 0.5) is 8.78 Å². The van der Waals surface area contributed by atoms with E-state index in [1.807, 2.05) is 6.92 Å². The summed E-state index contributed by atoms with van der Waals surface area (Å²) in [6, 6.07) is 4.30. The molecule has 1 heterocycles. The van der Waals surface area contributed by atoms with Gasteiger partial charge in [0, 0.05) is 12.1 Å². The molecule has 18 heavy (non-hydrogen) atoms. The molecule has 0 radical (unpaired) electrons. The topological polar surface area (TPSA) is 23.5 Å². The van der Waals surface area contributed by atoms with E-state index in [1.165, 1.54) is 6.07 Å². The number of halogens is 2. The van der Waals surface area contributed by atoms with E-state index in [2.05, 4.69) is 4.90 Å². The lowest BCUT2D eigenvalue weighted by Gasteiger charge is -2.33. The summed E-state index contributed by atoms with van der Waals surface area (Å²) in [5, 5.41) is 9.51. The summed E-state index contributed by atoms with van der Waals surface area (Å²) in [6.45, 7) is 3.90. The zero-order valence-corrected chi connectivity index (χ0v) is 10.6. The predicted octanol–water partition coefficient (Wildman–Crippen LogP) is 2.56. The highest BCUT2D eigenvalue weighted by Gasteiger charge is 2.23. The summed E-state index contributed by atoms with van der Waals surface area (Å²) < 4.78 is 26.6. The fourth-order valence-electron chi connectivity index (χ4n) is 2.50. The second kappa shape index (κ2) is 5.76. The molecule has 1 fully saturated rings. The van der Waals surface area contributed by atoms with Crippen LogP contribution in [0.3, 0.4) is 0 Å². The van der Waals surface area contributed by atoms with Crippen LogP contribution in [0.2, 0.25) is 0 Å². The molecule has 1 N–H and O–H groups in total. The molecule has 1 aromatic rings. The van der Waals surface area contributed by atoms with Crippen molar-refractivity contribution in [3.63, 3.8) is 0 Å². The van der Waals surface area contributed by atoms with Crippen molar-refractivity contribution in [2.75, 3.05) is 13.1 Å². The summed E-state index contributed by atoms with van der Waals surface area (Å²) >= 11 is 0. The number of hydrogen-bond acceptors (Lipinski definition) is 2. The molecular weight excluding hydrogens is 236 g/mol. The summed E-state index contributed by atoms with van der Waals surface area (Å²) in [4.78, 5) is 2.11. The Morgan fingerprint density at radius 1 is 1.33 bits per heavy atom. The van der Waals surface area contributed by atoms with Gasteiger partial charge < -0.3 is 5.11 Å². The Kier molecular flexibility index (Phi) is 4.30. The van der Waals surface area contributed by atoms with Gasteiger partial charge in [-0.15, -0.1) is 0 Å². The van der Waals surface area contributed by atoms with Gasteiger partial charge in [-0.05, 0) is 44.8 Å². The first-order chi connectivity index (χ1) is 8.58. The third-order valence-corrected chi connectivity index (χ3v) is 3.74. The summed E-state index contributed by atoms with van der Waals surface area (Å²) in [7, 11) is 0. The van der Waals surface area contributed by atoms with E-state index in [0.29, 0.717) is 18.0 Å². The van der Waals surface area contributed by atoms with Crippen LogP contribution in [-0.4, -0.2) is 29.2 Å². The third-order valence-electron chi connectivity index (χ3n) is 3.74. The maximum absolute atomic E-state index is 13.5. The predicted molar refractivity (Wildman–Crippen MR) is 66.0 cm³/mol. The van der Waals surface area contributed by atoms with Crippen LogP contribution in [0.15, 0.2) is 18.2 Å². The molecule has 1 saturated heterocycles. The van der Waals surface area contributed by atoms with Crippen molar-refractivity contribution < 1.29 is 13.9 Å². The minimum Gasteiger partial charge on any atom is -0.393 e. The Morgan fingerprint density at radius 2 is 2.00 bits per heavy atom. The van der Waals surface area contributed by atoms with E-state index >= 15 is 0 Å². The van der Waals surface area contributed by atoms with E-state index in [9.17, 15) is 13.9 Å². The van der Waals surface area contributed by atoms with Gasteiger partial charge in [0.05, 0.1) is 6.10 Å². The van der Waals surface area contributed by atoms with Crippen molar-refractivity contribution in [2.24, 2.45) is 5.92 Å². The van der Waals surface area contributed by atoms with Crippen molar-refractivity contribution in [3.05, 3.63) is 35.4 Å². The minimum absolute atomic E-state index is 0.280. The Bertz CT molecular complexity index is 401. The Balaban J connectivity index is 1.94. The number of benzene rings is 1. The first-order valence-corrected chi connectivity index (χ1v) is 6.41. The Hall–Kier alpha value is -1.00. The Labute approximate surface area is 106 Å². The van der Waals surface area contributed by atoms with Crippen LogP contribution < -0.4 is 0 Å². The number of hydrogen-bond donors (Lipinski definition) is 1. The molecule has 1 aliphatic heterocycles. The number of rotatable bonds is 3. The van der Waals surface area contributed by atoms with Crippen LogP contribution in [-0.2, 0) is 6.54 Å². The van der Waals surface area contributed by atoms with Gasteiger partial charge in [0.2, 0.25) is 0 Å². The molecular formula is C14H19F2NO. The number of aliphatic hydroxyl groups excluding tert-OH is 1. The molecule has 0 saturated carbocycles. The van der Waals surface area contributed by atoms with Gasteiger partial charge in [-0.25, -0.2) is 8.78 Å². The van der Waals surface area contributed by atoms with Gasteiger partial charge in [-0.2, -0.15) is 0 Å². The fourth-order valence-corrected chi connectivity index (χ4v) is 2.50. The summed E-state index contributed by atoms with van der Waals surface area (Å²) in [6.07, 6.45) is 1.54. The number of aliphatic hydroxyl groups is 1. The van der Waals surface area contributed by atoms with Crippen LogP contribution in [0.25, 0.3) is 0 Å². The lowest BCUT2D eigenvalue weighted by Crippen LogP contribution is -2.36. The summed E-state index contributed by atoms with van der Waals surface area (Å²) in [5.74, 6) is -1.19. The maximum Gasteiger partial charge on any atom is 0.163 e. The van der Waals surface area contributed by atoms with Gasteiger partial charge in [-0.1, -0.05) is 12.1 Å². The lowest BCUT2D eigenvalue weighted by molar-refractivity contribution is 0.0691. The summed E-state index contributed by atoms with van der Waals surface area (Å²) in [5.41, 5.74) is 0.408. The highest BCUT2D eigenvalue weighted by Crippen LogP contribution is 2.22. The Morgan fingerprint density at radius 3 is 2.61 bits per heavy atom. The number of nitrogens with zero attached hydrogens (tertiary/aromatic N) is 1. The van der Waals surface area contributed by atoms with Crippen molar-refractivity contribution in [1.29, 1.82) is 0 Å². The molecule has 1 unspecified atom stereocenters. The highest BCUT2D eigenvalue weighted by atomic mass is 19.2. The van der Waals surface area contributed by atoms with E-state index in [4.69, 9.17) is 0 Å². The van der Waals surface area contributed by atoms with E-state index < -0.39 is 11.6 Å². The third kappa shape index (κ3) is 3.06. The van der Waals surface area contributed by atoms with Gasteiger partial charge in [0.25, 0.3) is 0 Å². The fraction of sp³-hybridized carbons (Fsp3) is 0.571. The average Bonchev–Trinajstić information content (AvgIpc) is 2.36. The standard InChI is InChI=1S/C14H19F2NO/c1-10(18)11-5-7-17(8-6-11)9-12-3-2-4-13(15)14(12)16/h2-4,10-11,18H,5-9H2,1H3. The van der Waals surface area contributed by atoms with Crippen LogP contribution in [0, 0.1) is 17.6 Å². The smallest absolute Gasteiger partial charge is 0.163 e. The van der Waals surface area contributed by atoms with Crippen molar-refractivity contribution >= 4 is 0 Å². The lowest BCUT2D eigenvalue weighted by atomic mass is 9.92. The van der Waals surface area contributed by atoms with Crippen molar-refractivity contribution in [1.82, 2.24) is 4.90 Å². The van der Waals surface area contributed by atoms with Gasteiger partial charge >= 0.3 is 0 Å². The molecule has 0 bridgehead atoms. The van der Waals surface area contributed by atoms with Gasteiger partial charge in [0.1, 0.15) is 0 Å². The quantitative estimate of drug-likeness (QED) is 0.897. The first-order valence-electron chi connectivity index (χ1n) is 6.41. The van der Waals surface area contributed by atoms with Crippen LogP contribution >= 0.6 is 0 Å². The molecule has 0 aliphatic carbocycles. The highest BCUT2D eigenvalue weighted by molar-refractivity contribution is 5.18. The largest absolute Gasteiger partial charge is 0.393 e. The molecule has 1 aliphatic rings.